The predicted octanol–water partition coefficient (Wildman–Crippen LogP) is 0.413. The van der Waals surface area contributed by atoms with E-state index in [0.29, 0.717) is 12.6 Å². The minimum atomic E-state index is -0.313. The molecule has 3 N–H and O–H groups in total. The molecule has 1 aromatic rings. The van der Waals surface area contributed by atoms with E-state index in [1.807, 2.05) is 6.92 Å². The lowest BCUT2D eigenvalue weighted by molar-refractivity contribution is -0.127. The molecule has 2 atom stereocenters. The summed E-state index contributed by atoms with van der Waals surface area (Å²) >= 11 is 0. The van der Waals surface area contributed by atoms with E-state index < -0.39 is 0 Å². The molecular weight excluding hydrogens is 311 g/mol. The fourth-order valence-corrected chi connectivity index (χ4v) is 2.66. The van der Waals surface area contributed by atoms with E-state index in [0.717, 1.165) is 25.2 Å². The maximum absolute atomic E-state index is 12.9. The highest BCUT2D eigenvalue weighted by Crippen LogP contribution is 2.12. The molecule has 1 aromatic carbocycles. The van der Waals surface area contributed by atoms with Gasteiger partial charge in [0.1, 0.15) is 5.82 Å². The number of hydrogen-bond acceptors (Lipinski definition) is 4. The molecule has 0 aliphatic carbocycles. The zero-order valence-corrected chi connectivity index (χ0v) is 14.1. The second-order valence-corrected chi connectivity index (χ2v) is 6.14. The molecule has 1 aliphatic rings. The number of carbonyl (C=O) groups excluding carboxylic acids is 2. The second kappa shape index (κ2) is 8.75. The van der Waals surface area contributed by atoms with Gasteiger partial charge >= 0.3 is 0 Å². The first kappa shape index (κ1) is 18.4. The van der Waals surface area contributed by atoms with Crippen LogP contribution in [0.1, 0.15) is 25.5 Å². The van der Waals surface area contributed by atoms with Crippen LogP contribution in [0.3, 0.4) is 0 Å². The van der Waals surface area contributed by atoms with Gasteiger partial charge in [0, 0.05) is 25.7 Å². The number of hydrogen-bond donors (Lipinski definition) is 3. The topological polar surface area (TPSA) is 73.5 Å². The van der Waals surface area contributed by atoms with Gasteiger partial charge in [-0.25, -0.2) is 4.39 Å². The van der Waals surface area contributed by atoms with Gasteiger partial charge < -0.3 is 16.0 Å². The Labute approximate surface area is 141 Å². The lowest BCUT2D eigenvalue weighted by atomic mass is 10.1. The van der Waals surface area contributed by atoms with E-state index in [9.17, 15) is 14.0 Å². The van der Waals surface area contributed by atoms with E-state index >= 15 is 0 Å². The van der Waals surface area contributed by atoms with Crippen LogP contribution < -0.4 is 16.0 Å². The van der Waals surface area contributed by atoms with Crippen LogP contribution >= 0.6 is 0 Å². The summed E-state index contributed by atoms with van der Waals surface area (Å²) in [6.07, 6.45) is 0. The van der Waals surface area contributed by atoms with Gasteiger partial charge in [0.15, 0.2) is 0 Å². The molecule has 0 saturated carbocycles. The Morgan fingerprint density at radius 2 is 2.04 bits per heavy atom. The van der Waals surface area contributed by atoms with Crippen LogP contribution in [-0.4, -0.2) is 55.5 Å². The van der Waals surface area contributed by atoms with Gasteiger partial charge in [-0.3, -0.25) is 14.5 Å². The van der Waals surface area contributed by atoms with Crippen molar-refractivity contribution in [3.05, 3.63) is 35.6 Å². The Kier molecular flexibility index (Phi) is 6.69. The number of nitrogens with zero attached hydrogens (tertiary/aromatic N) is 1. The third-order valence-corrected chi connectivity index (χ3v) is 4.18. The fourth-order valence-electron chi connectivity index (χ4n) is 2.66. The molecule has 0 radical (unpaired) electrons. The van der Waals surface area contributed by atoms with Gasteiger partial charge in [-0.1, -0.05) is 12.1 Å². The molecule has 7 heteroatoms. The number of nitrogens with one attached hydrogen (secondary N) is 3. The lowest BCUT2D eigenvalue weighted by Crippen LogP contribution is -2.53. The van der Waals surface area contributed by atoms with E-state index in [-0.39, 0.29) is 30.2 Å². The molecule has 1 fully saturated rings. The van der Waals surface area contributed by atoms with Crippen LogP contribution in [0.4, 0.5) is 4.39 Å². The lowest BCUT2D eigenvalue weighted by Gasteiger charge is -2.33. The number of carbonyl (C=O) groups is 2. The predicted molar refractivity (Wildman–Crippen MR) is 89.9 cm³/mol. The van der Waals surface area contributed by atoms with Crippen LogP contribution in [0.25, 0.3) is 0 Å². The number of amides is 2. The molecule has 2 amide bonds. The quantitative estimate of drug-likeness (QED) is 0.704. The zero-order valence-electron chi connectivity index (χ0n) is 14.1. The average Bonchev–Trinajstić information content (AvgIpc) is 2.55. The smallest absolute Gasteiger partial charge is 0.239 e. The fraction of sp³-hybridized carbons (Fsp3) is 0.529. The van der Waals surface area contributed by atoms with E-state index in [4.69, 9.17) is 0 Å². The Hall–Kier alpha value is -1.99. The van der Waals surface area contributed by atoms with Gasteiger partial charge in [0.05, 0.1) is 19.1 Å². The first-order valence-electron chi connectivity index (χ1n) is 8.22. The maximum Gasteiger partial charge on any atom is 0.239 e. The number of benzene rings is 1. The number of rotatable bonds is 6. The standard InChI is InChI=1S/C17H25FN4O2/c1-12-9-19-7-8-22(12)11-17(24)20-10-16(23)21-13(2)14-3-5-15(18)6-4-14/h3-6,12-13,19H,7-11H2,1-2H3,(H,20,24)(H,21,23)/t12-,13?/m0/s1. The summed E-state index contributed by atoms with van der Waals surface area (Å²) in [6, 6.07) is 6.03. The minimum Gasteiger partial charge on any atom is -0.348 e. The Morgan fingerprint density at radius 1 is 1.33 bits per heavy atom. The van der Waals surface area contributed by atoms with E-state index in [1.165, 1.54) is 12.1 Å². The first-order chi connectivity index (χ1) is 11.5. The van der Waals surface area contributed by atoms with Crippen molar-refractivity contribution in [2.45, 2.75) is 25.9 Å². The summed E-state index contributed by atoms with van der Waals surface area (Å²) in [5, 5.41) is 8.69. The number of piperazine rings is 1. The summed E-state index contributed by atoms with van der Waals surface area (Å²) < 4.78 is 12.9. The SMILES string of the molecule is CC(NC(=O)CNC(=O)CN1CCNC[C@@H]1C)c1ccc(F)cc1. The van der Waals surface area contributed by atoms with Gasteiger partial charge in [0.2, 0.25) is 11.8 Å². The van der Waals surface area contributed by atoms with Crippen molar-refractivity contribution in [1.82, 2.24) is 20.9 Å². The Balaban J connectivity index is 1.72. The zero-order chi connectivity index (χ0) is 17.5. The van der Waals surface area contributed by atoms with Gasteiger partial charge in [-0.2, -0.15) is 0 Å². The molecule has 24 heavy (non-hydrogen) atoms. The summed E-state index contributed by atoms with van der Waals surface area (Å²) in [4.78, 5) is 26.0. The molecule has 2 rings (SSSR count). The van der Waals surface area contributed by atoms with Crippen LogP contribution in [-0.2, 0) is 9.59 Å². The van der Waals surface area contributed by atoms with Crippen molar-refractivity contribution in [1.29, 1.82) is 0 Å². The first-order valence-corrected chi connectivity index (χ1v) is 8.22. The van der Waals surface area contributed by atoms with Gasteiger partial charge in [-0.05, 0) is 31.5 Å². The summed E-state index contributed by atoms with van der Waals surface area (Å²) in [5.74, 6) is -0.742. The molecule has 1 unspecified atom stereocenters. The Morgan fingerprint density at radius 3 is 2.71 bits per heavy atom. The maximum atomic E-state index is 12.9. The van der Waals surface area contributed by atoms with Crippen molar-refractivity contribution in [3.8, 4) is 0 Å². The molecule has 1 aliphatic heterocycles. The highest BCUT2D eigenvalue weighted by atomic mass is 19.1. The molecule has 0 bridgehead atoms. The van der Waals surface area contributed by atoms with Crippen LogP contribution in [0, 0.1) is 5.82 Å². The summed E-state index contributed by atoms with van der Waals surface area (Å²) in [5.41, 5.74) is 0.811. The van der Waals surface area contributed by atoms with Crippen molar-refractivity contribution in [2.75, 3.05) is 32.7 Å². The van der Waals surface area contributed by atoms with Crippen molar-refractivity contribution >= 4 is 11.8 Å². The van der Waals surface area contributed by atoms with Crippen LogP contribution in [0.2, 0.25) is 0 Å². The average molecular weight is 336 g/mol. The summed E-state index contributed by atoms with van der Waals surface area (Å²) in [6.45, 7) is 6.67. The van der Waals surface area contributed by atoms with Gasteiger partial charge in [-0.15, -0.1) is 0 Å². The van der Waals surface area contributed by atoms with Crippen molar-refractivity contribution in [2.24, 2.45) is 0 Å². The van der Waals surface area contributed by atoms with Crippen LogP contribution in [0.15, 0.2) is 24.3 Å². The summed E-state index contributed by atoms with van der Waals surface area (Å²) in [7, 11) is 0. The van der Waals surface area contributed by atoms with Crippen molar-refractivity contribution < 1.29 is 14.0 Å². The van der Waals surface area contributed by atoms with Crippen molar-refractivity contribution in [3.63, 3.8) is 0 Å². The van der Waals surface area contributed by atoms with Gasteiger partial charge in [0.25, 0.3) is 0 Å². The molecule has 1 heterocycles. The van der Waals surface area contributed by atoms with Crippen LogP contribution in [0.5, 0.6) is 0 Å². The third kappa shape index (κ3) is 5.58. The van der Waals surface area contributed by atoms with E-state index in [1.54, 1.807) is 12.1 Å². The minimum absolute atomic E-state index is 0.0646. The molecule has 0 aromatic heterocycles. The third-order valence-electron chi connectivity index (χ3n) is 4.18. The molecule has 1 saturated heterocycles. The number of halogens is 1. The largest absolute Gasteiger partial charge is 0.348 e. The monoisotopic (exact) mass is 336 g/mol. The molecular formula is C17H25FN4O2. The molecule has 132 valence electrons. The highest BCUT2D eigenvalue weighted by molar-refractivity contribution is 5.85. The molecule has 6 nitrogen and oxygen atoms in total. The second-order valence-electron chi connectivity index (χ2n) is 6.14. The Bertz CT molecular complexity index is 564. The molecule has 0 spiro atoms. The van der Waals surface area contributed by atoms with E-state index in [2.05, 4.69) is 27.8 Å². The normalized spacial score (nSPS) is 19.5. The highest BCUT2D eigenvalue weighted by Gasteiger charge is 2.20.